The maximum absolute atomic E-state index is 5.35. The van der Waals surface area contributed by atoms with Crippen molar-refractivity contribution in [3.8, 4) is 5.75 Å². The molecule has 7 nitrogen and oxygen atoms in total. The standard InChI is InChI=1S/C23H36N6O/c1-4-21-28-27-18-29(21)16-15-25-22(24-5-2)26-17-23(13-7-6-8-14-23)19-9-11-20(30-3)12-10-19/h9-12,18H,4-8,13-17H2,1-3H3,(H2,24,25,26). The van der Waals surface area contributed by atoms with Crippen LogP contribution in [0.4, 0.5) is 0 Å². The van der Waals surface area contributed by atoms with E-state index in [1.807, 2.05) is 0 Å². The first-order valence-electron chi connectivity index (χ1n) is 11.2. The number of aryl methyl sites for hydroxylation is 1. The van der Waals surface area contributed by atoms with E-state index in [-0.39, 0.29) is 5.41 Å². The van der Waals surface area contributed by atoms with E-state index >= 15 is 0 Å². The van der Waals surface area contributed by atoms with Gasteiger partial charge in [-0.1, -0.05) is 38.3 Å². The topological polar surface area (TPSA) is 76.4 Å². The molecule has 1 aromatic heterocycles. The minimum atomic E-state index is 0.108. The highest BCUT2D eigenvalue weighted by Crippen LogP contribution is 2.40. The number of guanidine groups is 1. The number of methoxy groups -OCH3 is 1. The lowest BCUT2D eigenvalue weighted by atomic mass is 9.69. The summed E-state index contributed by atoms with van der Waals surface area (Å²) in [7, 11) is 1.72. The van der Waals surface area contributed by atoms with E-state index in [0.29, 0.717) is 0 Å². The van der Waals surface area contributed by atoms with Crippen molar-refractivity contribution in [3.63, 3.8) is 0 Å². The molecule has 0 radical (unpaired) electrons. The molecular weight excluding hydrogens is 376 g/mol. The summed E-state index contributed by atoms with van der Waals surface area (Å²) in [6.07, 6.45) is 8.89. The number of nitrogens with one attached hydrogen (secondary N) is 2. The Bertz CT molecular complexity index is 792. The molecule has 2 aromatic rings. The van der Waals surface area contributed by atoms with E-state index in [9.17, 15) is 0 Å². The fraction of sp³-hybridized carbons (Fsp3) is 0.609. The zero-order chi connectivity index (χ0) is 21.2. The van der Waals surface area contributed by atoms with E-state index in [1.165, 1.54) is 37.7 Å². The minimum absolute atomic E-state index is 0.108. The maximum atomic E-state index is 5.35. The van der Waals surface area contributed by atoms with Gasteiger partial charge in [0.1, 0.15) is 17.9 Å². The number of aromatic nitrogens is 3. The summed E-state index contributed by atoms with van der Waals surface area (Å²) in [4.78, 5) is 5.01. The monoisotopic (exact) mass is 412 g/mol. The number of benzene rings is 1. The van der Waals surface area contributed by atoms with E-state index in [1.54, 1.807) is 13.4 Å². The molecule has 1 saturated carbocycles. The van der Waals surface area contributed by atoms with E-state index < -0.39 is 0 Å². The second-order valence-electron chi connectivity index (χ2n) is 7.99. The lowest BCUT2D eigenvalue weighted by molar-refractivity contribution is 0.300. The Morgan fingerprint density at radius 1 is 1.13 bits per heavy atom. The van der Waals surface area contributed by atoms with Crippen LogP contribution in [0.3, 0.4) is 0 Å². The predicted octanol–water partition coefficient (Wildman–Crippen LogP) is 3.31. The molecule has 30 heavy (non-hydrogen) atoms. The molecule has 3 rings (SSSR count). The molecule has 7 heteroatoms. The largest absolute Gasteiger partial charge is 0.497 e. The van der Waals surface area contributed by atoms with Crippen LogP contribution < -0.4 is 15.4 Å². The third kappa shape index (κ3) is 5.52. The van der Waals surface area contributed by atoms with Crippen LogP contribution in [-0.2, 0) is 18.4 Å². The smallest absolute Gasteiger partial charge is 0.191 e. The van der Waals surface area contributed by atoms with Gasteiger partial charge in [0.25, 0.3) is 0 Å². The van der Waals surface area contributed by atoms with Gasteiger partial charge in [0.15, 0.2) is 5.96 Å². The molecule has 1 aliphatic rings. The van der Waals surface area contributed by atoms with Gasteiger partial charge in [0, 0.05) is 31.5 Å². The highest BCUT2D eigenvalue weighted by atomic mass is 16.5. The van der Waals surface area contributed by atoms with E-state index in [4.69, 9.17) is 9.73 Å². The van der Waals surface area contributed by atoms with Crippen LogP contribution in [0.5, 0.6) is 5.75 Å². The lowest BCUT2D eigenvalue weighted by Gasteiger charge is -2.37. The zero-order valence-corrected chi connectivity index (χ0v) is 18.7. The predicted molar refractivity (Wildman–Crippen MR) is 121 cm³/mol. The molecule has 164 valence electrons. The van der Waals surface area contributed by atoms with Crippen LogP contribution in [0.1, 0.15) is 57.3 Å². The van der Waals surface area contributed by atoms with Crippen molar-refractivity contribution in [2.45, 2.75) is 64.3 Å². The van der Waals surface area contributed by atoms with Crippen molar-refractivity contribution < 1.29 is 4.74 Å². The maximum Gasteiger partial charge on any atom is 0.191 e. The summed E-state index contributed by atoms with van der Waals surface area (Å²) in [6, 6.07) is 8.59. The van der Waals surface area contributed by atoms with E-state index in [0.717, 1.165) is 50.1 Å². The highest BCUT2D eigenvalue weighted by molar-refractivity contribution is 5.79. The number of hydrogen-bond acceptors (Lipinski definition) is 4. The van der Waals surface area contributed by atoms with Gasteiger partial charge < -0.3 is 19.9 Å². The number of nitrogens with zero attached hydrogens (tertiary/aromatic N) is 4. The Labute approximate surface area is 180 Å². The van der Waals surface area contributed by atoms with Crippen molar-refractivity contribution in [2.75, 3.05) is 26.7 Å². The third-order valence-corrected chi connectivity index (χ3v) is 6.05. The first-order chi connectivity index (χ1) is 14.7. The number of ether oxygens (including phenoxy) is 1. The van der Waals surface area contributed by atoms with Crippen molar-refractivity contribution in [1.82, 2.24) is 25.4 Å². The van der Waals surface area contributed by atoms with Crippen LogP contribution in [0, 0.1) is 0 Å². The molecule has 1 aliphatic carbocycles. The van der Waals surface area contributed by atoms with Crippen LogP contribution in [0.2, 0.25) is 0 Å². The normalized spacial score (nSPS) is 16.3. The molecule has 0 saturated heterocycles. The molecule has 0 unspecified atom stereocenters. The lowest BCUT2D eigenvalue weighted by Crippen LogP contribution is -2.41. The molecule has 0 spiro atoms. The SMILES string of the molecule is CCNC(=NCC1(c2ccc(OC)cc2)CCCCC1)NCCn1cnnc1CC. The van der Waals surface area contributed by atoms with Gasteiger partial charge in [-0.3, -0.25) is 4.99 Å². The van der Waals surface area contributed by atoms with E-state index in [2.05, 4.69) is 63.5 Å². The summed E-state index contributed by atoms with van der Waals surface area (Å²) in [5.74, 6) is 2.80. The van der Waals surface area contributed by atoms with Crippen LogP contribution in [-0.4, -0.2) is 47.5 Å². The van der Waals surface area contributed by atoms with Crippen molar-refractivity contribution in [1.29, 1.82) is 0 Å². The Morgan fingerprint density at radius 2 is 1.90 bits per heavy atom. The molecular formula is C23H36N6O. The molecule has 0 atom stereocenters. The Balaban J connectivity index is 1.69. The third-order valence-electron chi connectivity index (χ3n) is 6.05. The van der Waals surface area contributed by atoms with Crippen LogP contribution >= 0.6 is 0 Å². The summed E-state index contributed by atoms with van der Waals surface area (Å²) in [6.45, 7) is 7.45. The van der Waals surface area contributed by atoms with Gasteiger partial charge in [-0.15, -0.1) is 10.2 Å². The van der Waals surface area contributed by atoms with Gasteiger partial charge in [-0.25, -0.2) is 0 Å². The summed E-state index contributed by atoms with van der Waals surface area (Å²) in [5, 5.41) is 15.0. The summed E-state index contributed by atoms with van der Waals surface area (Å²) < 4.78 is 7.45. The molecule has 0 bridgehead atoms. The van der Waals surface area contributed by atoms with Crippen molar-refractivity contribution in [2.24, 2.45) is 4.99 Å². The van der Waals surface area contributed by atoms with Gasteiger partial charge in [0.05, 0.1) is 13.7 Å². The average molecular weight is 413 g/mol. The fourth-order valence-corrected chi connectivity index (χ4v) is 4.32. The number of aliphatic imine (C=N–C) groups is 1. The molecule has 2 N–H and O–H groups in total. The Kier molecular flexibility index (Phi) is 8.11. The van der Waals surface area contributed by atoms with Gasteiger partial charge in [-0.2, -0.15) is 0 Å². The first kappa shape index (κ1) is 22.1. The fourth-order valence-electron chi connectivity index (χ4n) is 4.32. The number of rotatable bonds is 9. The second-order valence-corrected chi connectivity index (χ2v) is 7.99. The Morgan fingerprint density at radius 3 is 2.57 bits per heavy atom. The summed E-state index contributed by atoms with van der Waals surface area (Å²) in [5.41, 5.74) is 1.48. The van der Waals surface area contributed by atoms with Crippen molar-refractivity contribution >= 4 is 5.96 Å². The molecule has 0 amide bonds. The first-order valence-corrected chi connectivity index (χ1v) is 11.2. The Hall–Kier alpha value is -2.57. The molecule has 1 aromatic carbocycles. The minimum Gasteiger partial charge on any atom is -0.497 e. The second kappa shape index (κ2) is 11.0. The van der Waals surface area contributed by atoms with Gasteiger partial charge in [0.2, 0.25) is 0 Å². The van der Waals surface area contributed by atoms with Gasteiger partial charge in [-0.05, 0) is 37.5 Å². The number of hydrogen-bond donors (Lipinski definition) is 2. The molecule has 0 aliphatic heterocycles. The van der Waals surface area contributed by atoms with Crippen LogP contribution in [0.25, 0.3) is 0 Å². The van der Waals surface area contributed by atoms with Crippen molar-refractivity contribution in [3.05, 3.63) is 42.0 Å². The average Bonchev–Trinajstić information content (AvgIpc) is 3.25. The zero-order valence-electron chi connectivity index (χ0n) is 18.7. The van der Waals surface area contributed by atoms with Gasteiger partial charge >= 0.3 is 0 Å². The summed E-state index contributed by atoms with van der Waals surface area (Å²) >= 11 is 0. The van der Waals surface area contributed by atoms with Crippen LogP contribution in [0.15, 0.2) is 35.6 Å². The highest BCUT2D eigenvalue weighted by Gasteiger charge is 2.33. The molecule has 1 heterocycles. The molecule has 1 fully saturated rings. The quantitative estimate of drug-likeness (QED) is 0.488.